The molecule has 1 rings (SSSR count). The summed E-state index contributed by atoms with van der Waals surface area (Å²) >= 11 is 0. The number of hydrogen-bond donors (Lipinski definition) is 2. The molecule has 14 heavy (non-hydrogen) atoms. The predicted octanol–water partition coefficient (Wildman–Crippen LogP) is 0.851. The summed E-state index contributed by atoms with van der Waals surface area (Å²) in [5.74, 6) is -0.519. The number of aliphatic carboxylic acids is 1. The van der Waals surface area contributed by atoms with Crippen molar-refractivity contribution in [3.05, 3.63) is 0 Å². The van der Waals surface area contributed by atoms with E-state index in [-0.39, 0.29) is 18.6 Å². The summed E-state index contributed by atoms with van der Waals surface area (Å²) in [5, 5.41) is 9.24. The summed E-state index contributed by atoms with van der Waals surface area (Å²) in [6.45, 7) is 2.09. The van der Waals surface area contributed by atoms with E-state index in [1.807, 2.05) is 6.92 Å². The third-order valence-corrected chi connectivity index (χ3v) is 3.20. The van der Waals surface area contributed by atoms with Gasteiger partial charge in [0.15, 0.2) is 0 Å². The van der Waals surface area contributed by atoms with Crippen molar-refractivity contribution in [2.75, 3.05) is 13.7 Å². The first kappa shape index (κ1) is 11.5. The fourth-order valence-electron chi connectivity index (χ4n) is 2.00. The normalized spacial score (nSPS) is 22.8. The molecule has 2 atom stereocenters. The molecule has 1 aliphatic carbocycles. The van der Waals surface area contributed by atoms with Crippen LogP contribution in [-0.4, -0.2) is 30.8 Å². The summed E-state index contributed by atoms with van der Waals surface area (Å²) in [6, 6.07) is 0. The quantitative estimate of drug-likeness (QED) is 0.668. The SMILES string of the molecule is COC(C)CC(CN)(C(=O)O)C1CC1. The van der Waals surface area contributed by atoms with Crippen LogP contribution in [0.5, 0.6) is 0 Å². The molecular formula is C10H19NO3. The molecule has 1 fully saturated rings. The number of nitrogens with two attached hydrogens (primary N) is 1. The van der Waals surface area contributed by atoms with E-state index in [1.54, 1.807) is 7.11 Å². The van der Waals surface area contributed by atoms with Crippen molar-refractivity contribution in [1.82, 2.24) is 0 Å². The van der Waals surface area contributed by atoms with E-state index < -0.39 is 11.4 Å². The van der Waals surface area contributed by atoms with E-state index in [9.17, 15) is 9.90 Å². The molecule has 0 heterocycles. The second-order valence-electron chi connectivity index (χ2n) is 4.19. The molecule has 0 aliphatic heterocycles. The first-order valence-electron chi connectivity index (χ1n) is 5.03. The average Bonchev–Trinajstić information content (AvgIpc) is 2.96. The van der Waals surface area contributed by atoms with Crippen molar-refractivity contribution in [2.24, 2.45) is 17.1 Å². The molecule has 1 aliphatic rings. The highest BCUT2D eigenvalue weighted by molar-refractivity contribution is 5.76. The van der Waals surface area contributed by atoms with Gasteiger partial charge >= 0.3 is 5.97 Å². The second-order valence-corrected chi connectivity index (χ2v) is 4.19. The van der Waals surface area contributed by atoms with Gasteiger partial charge < -0.3 is 15.6 Å². The molecule has 0 amide bonds. The van der Waals surface area contributed by atoms with Gasteiger partial charge in [-0.25, -0.2) is 0 Å². The number of hydrogen-bond acceptors (Lipinski definition) is 3. The van der Waals surface area contributed by atoms with Gasteiger partial charge in [0.05, 0.1) is 11.5 Å². The van der Waals surface area contributed by atoms with E-state index in [1.165, 1.54) is 0 Å². The lowest BCUT2D eigenvalue weighted by Crippen LogP contribution is -2.43. The Morgan fingerprint density at radius 2 is 2.29 bits per heavy atom. The molecule has 0 saturated heterocycles. The zero-order chi connectivity index (χ0) is 10.8. The molecule has 4 nitrogen and oxygen atoms in total. The highest BCUT2D eigenvalue weighted by atomic mass is 16.5. The van der Waals surface area contributed by atoms with Gasteiger partial charge in [0, 0.05) is 13.7 Å². The van der Waals surface area contributed by atoms with Crippen LogP contribution >= 0.6 is 0 Å². The Hall–Kier alpha value is -0.610. The Bertz CT molecular complexity index is 215. The van der Waals surface area contributed by atoms with E-state index in [0.717, 1.165) is 12.8 Å². The maximum atomic E-state index is 11.2. The van der Waals surface area contributed by atoms with Crippen LogP contribution in [0, 0.1) is 11.3 Å². The van der Waals surface area contributed by atoms with Gasteiger partial charge in [-0.1, -0.05) is 0 Å². The maximum absolute atomic E-state index is 11.2. The number of rotatable bonds is 6. The van der Waals surface area contributed by atoms with Gasteiger partial charge in [-0.05, 0) is 32.1 Å². The van der Waals surface area contributed by atoms with Gasteiger partial charge in [-0.3, -0.25) is 4.79 Å². The maximum Gasteiger partial charge on any atom is 0.311 e. The summed E-state index contributed by atoms with van der Waals surface area (Å²) in [7, 11) is 1.60. The van der Waals surface area contributed by atoms with Crippen LogP contribution in [0.25, 0.3) is 0 Å². The highest BCUT2D eigenvalue weighted by Gasteiger charge is 2.50. The van der Waals surface area contributed by atoms with Crippen molar-refractivity contribution < 1.29 is 14.6 Å². The minimum atomic E-state index is -0.772. The summed E-state index contributed by atoms with van der Waals surface area (Å²) in [4.78, 5) is 11.2. The molecule has 0 aromatic heterocycles. The van der Waals surface area contributed by atoms with Gasteiger partial charge in [0.25, 0.3) is 0 Å². The van der Waals surface area contributed by atoms with Crippen molar-refractivity contribution in [2.45, 2.75) is 32.3 Å². The Kier molecular flexibility index (Phi) is 3.50. The van der Waals surface area contributed by atoms with Crippen LogP contribution in [0.2, 0.25) is 0 Å². The number of ether oxygens (including phenoxy) is 1. The van der Waals surface area contributed by atoms with Crippen molar-refractivity contribution in [1.29, 1.82) is 0 Å². The molecule has 82 valence electrons. The molecule has 0 aromatic carbocycles. The number of methoxy groups -OCH3 is 1. The lowest BCUT2D eigenvalue weighted by molar-refractivity contribution is -0.152. The van der Waals surface area contributed by atoms with Crippen LogP contribution in [0.3, 0.4) is 0 Å². The van der Waals surface area contributed by atoms with E-state index >= 15 is 0 Å². The zero-order valence-electron chi connectivity index (χ0n) is 8.82. The predicted molar refractivity (Wildman–Crippen MR) is 52.9 cm³/mol. The Morgan fingerprint density at radius 3 is 2.57 bits per heavy atom. The summed E-state index contributed by atoms with van der Waals surface area (Å²) in [6.07, 6.45) is 2.44. The zero-order valence-corrected chi connectivity index (χ0v) is 8.82. The highest BCUT2D eigenvalue weighted by Crippen LogP contribution is 2.48. The van der Waals surface area contributed by atoms with Crippen molar-refractivity contribution >= 4 is 5.97 Å². The van der Waals surface area contributed by atoms with Crippen LogP contribution in [-0.2, 0) is 9.53 Å². The van der Waals surface area contributed by atoms with Crippen LogP contribution in [0.15, 0.2) is 0 Å². The monoisotopic (exact) mass is 201 g/mol. The Morgan fingerprint density at radius 1 is 1.71 bits per heavy atom. The lowest BCUT2D eigenvalue weighted by atomic mass is 9.78. The number of carboxylic acid groups (broad SMARTS) is 1. The largest absolute Gasteiger partial charge is 0.481 e. The first-order valence-corrected chi connectivity index (χ1v) is 5.03. The van der Waals surface area contributed by atoms with Crippen molar-refractivity contribution in [3.63, 3.8) is 0 Å². The topological polar surface area (TPSA) is 72.5 Å². The standard InChI is InChI=1S/C10H19NO3/c1-7(14-2)5-10(6-11,9(12)13)8-3-4-8/h7-8H,3-6,11H2,1-2H3,(H,12,13). The van der Waals surface area contributed by atoms with Crippen LogP contribution in [0.4, 0.5) is 0 Å². The van der Waals surface area contributed by atoms with Crippen LogP contribution < -0.4 is 5.73 Å². The fourth-order valence-corrected chi connectivity index (χ4v) is 2.00. The van der Waals surface area contributed by atoms with Crippen molar-refractivity contribution in [3.8, 4) is 0 Å². The molecule has 0 bridgehead atoms. The fraction of sp³-hybridized carbons (Fsp3) is 0.900. The Balaban J connectivity index is 2.73. The summed E-state index contributed by atoms with van der Waals surface area (Å²) < 4.78 is 5.12. The Labute approximate surface area is 84.4 Å². The van der Waals surface area contributed by atoms with Gasteiger partial charge in [-0.15, -0.1) is 0 Å². The van der Waals surface area contributed by atoms with E-state index in [4.69, 9.17) is 10.5 Å². The van der Waals surface area contributed by atoms with Gasteiger partial charge in [-0.2, -0.15) is 0 Å². The minimum absolute atomic E-state index is 0.0461. The third-order valence-electron chi connectivity index (χ3n) is 3.20. The minimum Gasteiger partial charge on any atom is -0.481 e. The molecule has 4 heteroatoms. The molecular weight excluding hydrogens is 182 g/mol. The molecule has 0 radical (unpaired) electrons. The second kappa shape index (κ2) is 4.28. The molecule has 0 spiro atoms. The molecule has 1 saturated carbocycles. The molecule has 2 unspecified atom stereocenters. The van der Waals surface area contributed by atoms with Crippen LogP contribution in [0.1, 0.15) is 26.2 Å². The first-order chi connectivity index (χ1) is 6.56. The van der Waals surface area contributed by atoms with Gasteiger partial charge in [0.1, 0.15) is 0 Å². The third kappa shape index (κ3) is 2.07. The number of carbonyl (C=O) groups is 1. The van der Waals surface area contributed by atoms with E-state index in [0.29, 0.717) is 6.42 Å². The smallest absolute Gasteiger partial charge is 0.311 e. The summed E-state index contributed by atoms with van der Waals surface area (Å²) in [5.41, 5.74) is 4.86. The van der Waals surface area contributed by atoms with E-state index in [2.05, 4.69) is 0 Å². The molecule has 0 aromatic rings. The number of carboxylic acids is 1. The lowest BCUT2D eigenvalue weighted by Gasteiger charge is -2.30. The van der Waals surface area contributed by atoms with Gasteiger partial charge in [0.2, 0.25) is 0 Å². The molecule has 3 N–H and O–H groups in total. The average molecular weight is 201 g/mol.